The summed E-state index contributed by atoms with van der Waals surface area (Å²) in [6.07, 6.45) is 1.65. The van der Waals surface area contributed by atoms with Gasteiger partial charge in [-0.05, 0) is 37.4 Å². The summed E-state index contributed by atoms with van der Waals surface area (Å²) in [6, 6.07) is 10.6. The molecule has 2 aromatic rings. The number of hydrogen-bond donors (Lipinski definition) is 3. The minimum atomic E-state index is 0.216. The van der Waals surface area contributed by atoms with Crippen LogP contribution in [-0.4, -0.2) is 62.8 Å². The summed E-state index contributed by atoms with van der Waals surface area (Å²) in [7, 11) is 1.88. The second-order valence-electron chi connectivity index (χ2n) is 6.06. The Labute approximate surface area is 158 Å². The number of aromatic nitrogens is 1. The topological polar surface area (TPSA) is 91.2 Å². The molecule has 2 heterocycles. The molecule has 3 N–H and O–H groups in total. The van der Waals surface area contributed by atoms with Crippen LogP contribution >= 0.6 is 0 Å². The van der Waals surface area contributed by atoms with E-state index in [1.807, 2.05) is 19.2 Å². The average Bonchev–Trinajstić information content (AvgIpc) is 2.70. The lowest BCUT2D eigenvalue weighted by Gasteiger charge is -2.29. The first-order chi connectivity index (χ1) is 13.2. The summed E-state index contributed by atoms with van der Waals surface area (Å²) in [4.78, 5) is 6.76. The Morgan fingerprint density at radius 3 is 2.78 bits per heavy atom. The Morgan fingerprint density at radius 1 is 1.26 bits per heavy atom. The highest BCUT2D eigenvalue weighted by atomic mass is 16.5. The van der Waals surface area contributed by atoms with E-state index in [1.54, 1.807) is 30.5 Å². The lowest BCUT2D eigenvalue weighted by molar-refractivity contribution is 0.122. The van der Waals surface area contributed by atoms with Crippen molar-refractivity contribution >= 4 is 17.6 Å². The fraction of sp³-hybridized carbons (Fsp3) is 0.368. The van der Waals surface area contributed by atoms with Gasteiger partial charge in [0.05, 0.1) is 30.8 Å². The molecule has 0 amide bonds. The number of hydrogen-bond acceptors (Lipinski definition) is 8. The standard InChI is InChI=1S/C19H25N5O3/c1-20-6-9-27-19-13-17(24-7-10-26-11-8-24)12-16(22-19)14-21-23-15-2-4-18(25)5-3-15/h2-5,12-14,20,23,25H,6-11H2,1H3. The first-order valence-corrected chi connectivity index (χ1v) is 8.95. The van der Waals surface area contributed by atoms with Crippen LogP contribution in [0.3, 0.4) is 0 Å². The predicted molar refractivity (Wildman–Crippen MR) is 106 cm³/mol. The second-order valence-corrected chi connectivity index (χ2v) is 6.06. The minimum Gasteiger partial charge on any atom is -0.508 e. The lowest BCUT2D eigenvalue weighted by atomic mass is 10.2. The van der Waals surface area contributed by atoms with Gasteiger partial charge in [-0.2, -0.15) is 5.10 Å². The Balaban J connectivity index is 1.73. The molecule has 0 bridgehead atoms. The summed E-state index contributed by atoms with van der Waals surface area (Å²) in [5, 5.41) is 16.6. The van der Waals surface area contributed by atoms with Gasteiger partial charge < -0.3 is 24.8 Å². The van der Waals surface area contributed by atoms with Crippen molar-refractivity contribution in [2.75, 3.05) is 56.8 Å². The van der Waals surface area contributed by atoms with Gasteiger partial charge in [0, 0.05) is 31.4 Å². The van der Waals surface area contributed by atoms with Crippen LogP contribution in [0.1, 0.15) is 5.69 Å². The second kappa shape index (κ2) is 9.75. The van der Waals surface area contributed by atoms with Gasteiger partial charge >= 0.3 is 0 Å². The molecule has 1 aromatic heterocycles. The number of phenols is 1. The van der Waals surface area contributed by atoms with Gasteiger partial charge in [-0.3, -0.25) is 5.43 Å². The molecule has 0 unspecified atom stereocenters. The van der Waals surface area contributed by atoms with E-state index in [1.165, 1.54) is 0 Å². The van der Waals surface area contributed by atoms with E-state index >= 15 is 0 Å². The van der Waals surface area contributed by atoms with E-state index in [-0.39, 0.29) is 5.75 Å². The van der Waals surface area contributed by atoms with Crippen LogP contribution in [0.4, 0.5) is 11.4 Å². The van der Waals surface area contributed by atoms with Crippen molar-refractivity contribution < 1.29 is 14.6 Å². The maximum Gasteiger partial charge on any atom is 0.215 e. The molecule has 1 aliphatic rings. The summed E-state index contributed by atoms with van der Waals surface area (Å²) >= 11 is 0. The SMILES string of the molecule is CNCCOc1cc(N2CCOCC2)cc(C=NNc2ccc(O)cc2)n1. The fourth-order valence-corrected chi connectivity index (χ4v) is 2.62. The average molecular weight is 371 g/mol. The fourth-order valence-electron chi connectivity index (χ4n) is 2.62. The van der Waals surface area contributed by atoms with E-state index in [9.17, 15) is 5.11 Å². The molecule has 27 heavy (non-hydrogen) atoms. The number of benzene rings is 1. The molecule has 0 saturated carbocycles. The third kappa shape index (κ3) is 5.83. The van der Waals surface area contributed by atoms with E-state index in [2.05, 4.69) is 25.7 Å². The van der Waals surface area contributed by atoms with Crippen molar-refractivity contribution in [1.29, 1.82) is 0 Å². The number of anilines is 2. The van der Waals surface area contributed by atoms with Crippen LogP contribution in [0.2, 0.25) is 0 Å². The van der Waals surface area contributed by atoms with Crippen molar-refractivity contribution in [2.45, 2.75) is 0 Å². The zero-order valence-electron chi connectivity index (χ0n) is 15.4. The summed E-state index contributed by atoms with van der Waals surface area (Å²) in [5.74, 6) is 0.785. The minimum absolute atomic E-state index is 0.216. The van der Waals surface area contributed by atoms with Crippen LogP contribution in [0.15, 0.2) is 41.5 Å². The summed E-state index contributed by atoms with van der Waals surface area (Å²) < 4.78 is 11.2. The number of morpholine rings is 1. The molecule has 3 rings (SSSR count). The lowest BCUT2D eigenvalue weighted by Crippen LogP contribution is -2.36. The molecular weight excluding hydrogens is 346 g/mol. The number of ether oxygens (including phenoxy) is 2. The van der Waals surface area contributed by atoms with Crippen LogP contribution < -0.4 is 20.4 Å². The van der Waals surface area contributed by atoms with Gasteiger partial charge in [-0.15, -0.1) is 0 Å². The van der Waals surface area contributed by atoms with Gasteiger partial charge in [-0.1, -0.05) is 0 Å². The van der Waals surface area contributed by atoms with Gasteiger partial charge in [-0.25, -0.2) is 4.98 Å². The number of hydrazone groups is 1. The Kier molecular flexibility index (Phi) is 6.84. The molecule has 144 valence electrons. The Morgan fingerprint density at radius 2 is 2.04 bits per heavy atom. The molecule has 0 aliphatic carbocycles. The Bertz CT molecular complexity index is 746. The van der Waals surface area contributed by atoms with Crippen LogP contribution in [0.25, 0.3) is 0 Å². The third-order valence-corrected chi connectivity index (χ3v) is 4.04. The molecule has 0 atom stereocenters. The molecular formula is C19H25N5O3. The van der Waals surface area contributed by atoms with E-state index in [4.69, 9.17) is 9.47 Å². The number of nitrogens with one attached hydrogen (secondary N) is 2. The highest BCUT2D eigenvalue weighted by molar-refractivity contribution is 5.80. The first kappa shape index (κ1) is 18.9. The summed E-state index contributed by atoms with van der Waals surface area (Å²) in [6.45, 7) is 4.38. The monoisotopic (exact) mass is 371 g/mol. The number of pyridine rings is 1. The molecule has 0 radical (unpaired) electrons. The van der Waals surface area contributed by atoms with Gasteiger partial charge in [0.25, 0.3) is 0 Å². The molecule has 1 fully saturated rings. The van der Waals surface area contributed by atoms with Crippen LogP contribution in [-0.2, 0) is 4.74 Å². The predicted octanol–water partition coefficient (Wildman–Crippen LogP) is 1.67. The number of phenolic OH excluding ortho intramolecular Hbond substituents is 1. The molecule has 0 spiro atoms. The van der Waals surface area contributed by atoms with Crippen molar-refractivity contribution in [3.8, 4) is 11.6 Å². The first-order valence-electron chi connectivity index (χ1n) is 8.95. The smallest absolute Gasteiger partial charge is 0.215 e. The van der Waals surface area contributed by atoms with Gasteiger partial charge in [0.15, 0.2) is 0 Å². The van der Waals surface area contributed by atoms with E-state index < -0.39 is 0 Å². The largest absolute Gasteiger partial charge is 0.508 e. The number of rotatable bonds is 8. The van der Waals surface area contributed by atoms with Gasteiger partial charge in [0.2, 0.25) is 5.88 Å². The zero-order chi connectivity index (χ0) is 18.9. The number of aromatic hydroxyl groups is 1. The summed E-state index contributed by atoms with van der Waals surface area (Å²) in [5.41, 5.74) is 5.44. The van der Waals surface area contributed by atoms with E-state index in [0.29, 0.717) is 31.4 Å². The number of nitrogens with zero attached hydrogens (tertiary/aromatic N) is 3. The molecule has 8 heteroatoms. The van der Waals surface area contributed by atoms with Crippen molar-refractivity contribution in [1.82, 2.24) is 10.3 Å². The zero-order valence-corrected chi connectivity index (χ0v) is 15.4. The third-order valence-electron chi connectivity index (χ3n) is 4.04. The highest BCUT2D eigenvalue weighted by Gasteiger charge is 2.13. The van der Waals surface area contributed by atoms with Crippen molar-refractivity contribution in [3.05, 3.63) is 42.1 Å². The van der Waals surface area contributed by atoms with Crippen LogP contribution in [0.5, 0.6) is 11.6 Å². The van der Waals surface area contributed by atoms with Crippen molar-refractivity contribution in [2.24, 2.45) is 5.10 Å². The van der Waals surface area contributed by atoms with Crippen LogP contribution in [0, 0.1) is 0 Å². The van der Waals surface area contributed by atoms with E-state index in [0.717, 1.165) is 31.0 Å². The van der Waals surface area contributed by atoms with Crippen molar-refractivity contribution in [3.63, 3.8) is 0 Å². The van der Waals surface area contributed by atoms with Gasteiger partial charge in [0.1, 0.15) is 12.4 Å². The Hall–Kier alpha value is -2.84. The molecule has 1 aromatic carbocycles. The maximum absolute atomic E-state index is 9.33. The normalized spacial score (nSPS) is 14.5. The molecule has 8 nitrogen and oxygen atoms in total. The highest BCUT2D eigenvalue weighted by Crippen LogP contribution is 2.22. The quantitative estimate of drug-likeness (QED) is 0.281. The maximum atomic E-state index is 9.33. The molecule has 1 aliphatic heterocycles. The molecule has 1 saturated heterocycles. The number of likely N-dealkylation sites (N-methyl/N-ethyl adjacent to an activating group) is 1.